The summed E-state index contributed by atoms with van der Waals surface area (Å²) >= 11 is 0. The molecule has 1 atom stereocenters. The van der Waals surface area contributed by atoms with Gasteiger partial charge in [0.1, 0.15) is 24.7 Å². The van der Waals surface area contributed by atoms with Gasteiger partial charge in [-0.3, -0.25) is 0 Å². The molecule has 0 amide bonds. The molecule has 7 rings (SSSR count). The van der Waals surface area contributed by atoms with E-state index in [1.54, 1.807) is 0 Å². The van der Waals surface area contributed by atoms with E-state index in [2.05, 4.69) is 67.2 Å². The molecule has 6 aromatic rings. The van der Waals surface area contributed by atoms with Crippen LogP contribution in [0.2, 0.25) is 0 Å². The van der Waals surface area contributed by atoms with Crippen molar-refractivity contribution in [2.24, 2.45) is 11.3 Å². The first-order valence-corrected chi connectivity index (χ1v) is 20.9. The van der Waals surface area contributed by atoms with E-state index in [0.717, 1.165) is 53.0 Å². The SMILES string of the molecule is CC1CC(C)(C)CC(c2ccc(OCCOC(C#[N+][O-])(c3ccccc3)c3ccccc3)cc2)(c2ccc(OCCOC(C#[N+][O-])(c3ccccc3)c3ccccc3)cc2)C1. The van der Waals surface area contributed by atoms with Crippen LogP contribution < -0.4 is 9.47 Å². The Labute approximate surface area is 359 Å². The van der Waals surface area contributed by atoms with Crippen LogP contribution in [0.25, 0.3) is 10.0 Å². The van der Waals surface area contributed by atoms with Crippen LogP contribution in [0.5, 0.6) is 11.5 Å². The van der Waals surface area contributed by atoms with E-state index in [1.807, 2.05) is 146 Å². The Bertz CT molecular complexity index is 2180. The van der Waals surface area contributed by atoms with Crippen LogP contribution in [-0.4, -0.2) is 26.4 Å². The Kier molecular flexibility index (Phi) is 13.4. The molecule has 0 heterocycles. The lowest BCUT2D eigenvalue weighted by Crippen LogP contribution is -2.41. The van der Waals surface area contributed by atoms with Gasteiger partial charge in [-0.25, -0.2) is 0 Å². The van der Waals surface area contributed by atoms with Crippen LogP contribution in [0.1, 0.15) is 73.4 Å². The zero-order chi connectivity index (χ0) is 42.6. The third kappa shape index (κ3) is 9.58. The molecule has 61 heavy (non-hydrogen) atoms. The van der Waals surface area contributed by atoms with Crippen molar-refractivity contribution in [1.29, 1.82) is 0 Å². The maximum Gasteiger partial charge on any atom is 0.344 e. The molecule has 1 aliphatic rings. The van der Waals surface area contributed by atoms with Crippen molar-refractivity contribution in [3.63, 3.8) is 0 Å². The van der Waals surface area contributed by atoms with Crippen LogP contribution in [0, 0.1) is 33.9 Å². The molecule has 0 aliphatic heterocycles. The maximum atomic E-state index is 11.7. The van der Waals surface area contributed by atoms with Crippen molar-refractivity contribution < 1.29 is 18.9 Å². The number of rotatable bonds is 16. The average molecular weight is 813 g/mol. The van der Waals surface area contributed by atoms with Crippen LogP contribution >= 0.6 is 0 Å². The summed E-state index contributed by atoms with van der Waals surface area (Å²) in [4.78, 5) is 0. The van der Waals surface area contributed by atoms with Gasteiger partial charge in [0.25, 0.3) is 11.2 Å². The Morgan fingerprint density at radius 3 is 1.16 bits per heavy atom. The van der Waals surface area contributed by atoms with Crippen LogP contribution in [0.15, 0.2) is 170 Å². The first-order chi connectivity index (χ1) is 29.7. The van der Waals surface area contributed by atoms with Crippen LogP contribution in [0.4, 0.5) is 0 Å². The van der Waals surface area contributed by atoms with Crippen molar-refractivity contribution >= 4 is 0 Å². The van der Waals surface area contributed by atoms with E-state index in [4.69, 9.17) is 18.9 Å². The minimum atomic E-state index is -1.27. The summed E-state index contributed by atoms with van der Waals surface area (Å²) in [5.74, 6) is 1.97. The third-order valence-electron chi connectivity index (χ3n) is 11.7. The molecule has 1 saturated carbocycles. The molecule has 8 nitrogen and oxygen atoms in total. The lowest BCUT2D eigenvalue weighted by atomic mass is 9.55. The fourth-order valence-corrected chi connectivity index (χ4v) is 9.44. The fourth-order valence-electron chi connectivity index (χ4n) is 9.44. The second-order valence-electron chi connectivity index (χ2n) is 16.6. The minimum Gasteiger partial charge on any atom is -0.498 e. The quantitative estimate of drug-likeness (QED) is 0.0714. The fraction of sp³-hybridized carbons (Fsp3) is 0.283. The summed E-state index contributed by atoms with van der Waals surface area (Å²) in [7, 11) is 0. The average Bonchev–Trinajstić information content (AvgIpc) is 3.29. The maximum absolute atomic E-state index is 11.7. The summed E-state index contributed by atoms with van der Waals surface area (Å²) in [6, 6.07) is 60.4. The van der Waals surface area contributed by atoms with E-state index in [1.165, 1.54) is 11.1 Å². The molecular formula is C53H52N2O6. The first kappa shape index (κ1) is 42.5. The van der Waals surface area contributed by atoms with Crippen molar-refractivity contribution in [3.05, 3.63) is 224 Å². The summed E-state index contributed by atoms with van der Waals surface area (Å²) in [6.07, 6.45) is 3.15. The smallest absolute Gasteiger partial charge is 0.344 e. The summed E-state index contributed by atoms with van der Waals surface area (Å²) in [5.41, 5.74) is 2.85. The molecule has 310 valence electrons. The molecule has 0 saturated heterocycles. The number of nitrogens with zero attached hydrogens (tertiary/aromatic N) is 2. The molecule has 0 aromatic heterocycles. The number of benzene rings is 6. The van der Waals surface area contributed by atoms with Gasteiger partial charge in [0.2, 0.25) is 0 Å². The van der Waals surface area contributed by atoms with E-state index < -0.39 is 11.2 Å². The third-order valence-corrected chi connectivity index (χ3v) is 11.7. The molecule has 1 unspecified atom stereocenters. The predicted molar refractivity (Wildman–Crippen MR) is 242 cm³/mol. The lowest BCUT2D eigenvalue weighted by molar-refractivity contribution is 0.00927. The first-order valence-electron chi connectivity index (χ1n) is 20.9. The van der Waals surface area contributed by atoms with Crippen molar-refractivity contribution in [2.45, 2.75) is 56.7 Å². The molecular weight excluding hydrogens is 761 g/mol. The summed E-state index contributed by atoms with van der Waals surface area (Å²) in [5, 5.41) is 29.5. The molecule has 0 bridgehead atoms. The van der Waals surface area contributed by atoms with Gasteiger partial charge in [-0.05, 0) is 66.0 Å². The highest BCUT2D eigenvalue weighted by molar-refractivity contribution is 5.47. The highest BCUT2D eigenvalue weighted by Crippen LogP contribution is 2.54. The number of hydrogen-bond donors (Lipinski definition) is 0. The highest BCUT2D eigenvalue weighted by Gasteiger charge is 2.45. The molecule has 1 aliphatic carbocycles. The van der Waals surface area contributed by atoms with Crippen molar-refractivity contribution in [2.75, 3.05) is 26.4 Å². The normalized spacial score (nSPS) is 15.6. The van der Waals surface area contributed by atoms with Gasteiger partial charge >= 0.3 is 12.1 Å². The molecule has 0 radical (unpaired) electrons. The Balaban J connectivity index is 1.04. The zero-order valence-corrected chi connectivity index (χ0v) is 35.0. The Morgan fingerprint density at radius 2 is 0.852 bits per heavy atom. The van der Waals surface area contributed by atoms with Crippen LogP contribution in [0.3, 0.4) is 0 Å². The zero-order valence-electron chi connectivity index (χ0n) is 35.0. The second kappa shape index (κ2) is 19.2. The molecule has 1 fully saturated rings. The minimum absolute atomic E-state index is 0.125. The van der Waals surface area contributed by atoms with Crippen LogP contribution in [-0.2, 0) is 26.1 Å². The van der Waals surface area contributed by atoms with Gasteiger partial charge in [-0.2, -0.15) is 0 Å². The Hall–Kier alpha value is -6.58. The van der Waals surface area contributed by atoms with E-state index >= 15 is 0 Å². The van der Waals surface area contributed by atoms with E-state index in [-0.39, 0.29) is 37.3 Å². The van der Waals surface area contributed by atoms with Gasteiger partial charge in [0, 0.05) is 37.7 Å². The topological polar surface area (TPSA) is 91.8 Å². The van der Waals surface area contributed by atoms with Gasteiger partial charge in [0.15, 0.2) is 0 Å². The predicted octanol–water partition coefficient (Wildman–Crippen LogP) is 12.2. The van der Waals surface area contributed by atoms with Gasteiger partial charge in [-0.1, -0.05) is 166 Å². The van der Waals surface area contributed by atoms with E-state index in [0.29, 0.717) is 5.92 Å². The monoisotopic (exact) mass is 812 g/mol. The van der Waals surface area contributed by atoms with Gasteiger partial charge in [-0.15, -0.1) is 0 Å². The Morgan fingerprint density at radius 1 is 0.508 bits per heavy atom. The molecule has 6 aromatic carbocycles. The highest BCUT2D eigenvalue weighted by atomic mass is 16.5. The van der Waals surface area contributed by atoms with Crippen molar-refractivity contribution in [1.82, 2.24) is 0 Å². The number of hydrogen-bond acceptors (Lipinski definition) is 6. The second-order valence-corrected chi connectivity index (χ2v) is 16.6. The largest absolute Gasteiger partial charge is 0.498 e. The standard InChI is InChI=1S/C53H52N2O6/c1-41-36-50(2,3)38-51(37-41,42-24-28-48(29-25-42)58-32-34-60-52(39-54-56,44-16-8-4-9-17-44)45-18-10-5-11-19-45)43-26-30-49(31-27-43)59-33-35-61-53(40-55-57,46-20-12-6-13-21-46)47-22-14-7-15-23-47/h4-31,41H,32-38H2,1-3H3. The summed E-state index contributed by atoms with van der Waals surface area (Å²) < 4.78 is 25.3. The number of ether oxygens (including phenoxy) is 4. The molecule has 8 heteroatoms. The molecule has 0 spiro atoms. The molecule has 0 N–H and O–H groups in total. The van der Waals surface area contributed by atoms with Gasteiger partial charge < -0.3 is 29.4 Å². The van der Waals surface area contributed by atoms with E-state index in [9.17, 15) is 10.4 Å². The van der Waals surface area contributed by atoms with Crippen molar-refractivity contribution in [3.8, 4) is 23.6 Å². The lowest BCUT2D eigenvalue weighted by Gasteiger charge is -2.48. The summed E-state index contributed by atoms with van der Waals surface area (Å²) in [6.45, 7) is 7.98. The van der Waals surface area contributed by atoms with Gasteiger partial charge in [0.05, 0.1) is 13.2 Å².